The van der Waals surface area contributed by atoms with Gasteiger partial charge in [0, 0.05) is 0 Å². The van der Waals surface area contributed by atoms with Gasteiger partial charge in [0.15, 0.2) is 0 Å². The van der Waals surface area contributed by atoms with E-state index in [0.29, 0.717) is 5.41 Å². The second-order valence-corrected chi connectivity index (χ2v) is 6.84. The number of thioether (sulfide) groups is 1. The van der Waals surface area contributed by atoms with Crippen molar-refractivity contribution in [3.05, 3.63) is 0 Å². The molecule has 0 saturated heterocycles. The first-order valence-corrected chi connectivity index (χ1v) is 7.74. The van der Waals surface area contributed by atoms with E-state index < -0.39 is 0 Å². The highest BCUT2D eigenvalue weighted by Gasteiger charge is 2.49. The zero-order chi connectivity index (χ0) is 10.7. The standard InChI is InChI=1S/C13H25NS/c1-2-15-7-3-6-13(10-14)9-11-4-5-12(13)8-11/h11-12H,2-10,14H2,1H3. The molecule has 0 spiro atoms. The molecule has 0 amide bonds. The molecule has 2 saturated carbocycles. The summed E-state index contributed by atoms with van der Waals surface area (Å²) in [5.74, 6) is 4.63. The summed E-state index contributed by atoms with van der Waals surface area (Å²) in [5, 5.41) is 0. The van der Waals surface area contributed by atoms with Crippen LogP contribution in [0, 0.1) is 17.3 Å². The zero-order valence-electron chi connectivity index (χ0n) is 10.0. The fourth-order valence-corrected chi connectivity index (χ4v) is 4.52. The molecule has 0 aromatic heterocycles. The van der Waals surface area contributed by atoms with Crippen LogP contribution in [0.25, 0.3) is 0 Å². The maximum absolute atomic E-state index is 6.06. The predicted molar refractivity (Wildman–Crippen MR) is 69.2 cm³/mol. The van der Waals surface area contributed by atoms with Crippen LogP contribution in [-0.4, -0.2) is 18.1 Å². The van der Waals surface area contributed by atoms with Gasteiger partial charge in [-0.25, -0.2) is 0 Å². The molecule has 2 aliphatic rings. The lowest BCUT2D eigenvalue weighted by Crippen LogP contribution is -2.35. The Bertz CT molecular complexity index is 207. The van der Waals surface area contributed by atoms with Gasteiger partial charge in [0.2, 0.25) is 0 Å². The molecule has 2 aliphatic carbocycles. The van der Waals surface area contributed by atoms with Gasteiger partial charge < -0.3 is 5.73 Å². The summed E-state index contributed by atoms with van der Waals surface area (Å²) < 4.78 is 0. The van der Waals surface area contributed by atoms with Crippen molar-refractivity contribution in [2.24, 2.45) is 23.0 Å². The normalized spacial score (nSPS) is 38.8. The molecule has 0 aromatic carbocycles. The van der Waals surface area contributed by atoms with Crippen LogP contribution in [0.1, 0.15) is 45.4 Å². The van der Waals surface area contributed by atoms with Gasteiger partial charge in [0.05, 0.1) is 0 Å². The maximum atomic E-state index is 6.06. The Morgan fingerprint density at radius 2 is 2.27 bits per heavy atom. The Labute approximate surface area is 98.6 Å². The molecule has 15 heavy (non-hydrogen) atoms. The fraction of sp³-hybridized carbons (Fsp3) is 1.00. The molecule has 3 unspecified atom stereocenters. The largest absolute Gasteiger partial charge is 0.330 e. The van der Waals surface area contributed by atoms with E-state index in [1.807, 2.05) is 0 Å². The van der Waals surface area contributed by atoms with Crippen molar-refractivity contribution >= 4 is 11.8 Å². The summed E-state index contributed by atoms with van der Waals surface area (Å²) >= 11 is 2.08. The first-order valence-electron chi connectivity index (χ1n) is 6.58. The van der Waals surface area contributed by atoms with Crippen molar-refractivity contribution in [2.75, 3.05) is 18.1 Å². The van der Waals surface area contributed by atoms with Gasteiger partial charge in [-0.1, -0.05) is 13.3 Å². The highest BCUT2D eigenvalue weighted by atomic mass is 32.2. The van der Waals surface area contributed by atoms with Gasteiger partial charge in [-0.05, 0) is 67.4 Å². The van der Waals surface area contributed by atoms with E-state index >= 15 is 0 Å². The zero-order valence-corrected chi connectivity index (χ0v) is 10.8. The molecule has 3 atom stereocenters. The minimum Gasteiger partial charge on any atom is -0.330 e. The average molecular weight is 227 g/mol. The van der Waals surface area contributed by atoms with Crippen molar-refractivity contribution < 1.29 is 0 Å². The van der Waals surface area contributed by atoms with Crippen LogP contribution in [0.4, 0.5) is 0 Å². The second kappa shape index (κ2) is 5.09. The summed E-state index contributed by atoms with van der Waals surface area (Å²) in [4.78, 5) is 0. The molecule has 2 fully saturated rings. The molecule has 2 rings (SSSR count). The highest BCUT2D eigenvalue weighted by molar-refractivity contribution is 7.99. The Hall–Kier alpha value is 0.310. The van der Waals surface area contributed by atoms with Gasteiger partial charge in [-0.2, -0.15) is 11.8 Å². The van der Waals surface area contributed by atoms with Crippen LogP contribution in [0.3, 0.4) is 0 Å². The molecular formula is C13H25NS. The number of nitrogens with two attached hydrogens (primary N) is 1. The Kier molecular flexibility index (Phi) is 4.00. The van der Waals surface area contributed by atoms with E-state index in [2.05, 4.69) is 18.7 Å². The summed E-state index contributed by atoms with van der Waals surface area (Å²) in [6.07, 6.45) is 8.71. The van der Waals surface area contributed by atoms with Gasteiger partial charge >= 0.3 is 0 Å². The number of rotatable bonds is 6. The topological polar surface area (TPSA) is 26.0 Å². The third kappa shape index (κ3) is 2.36. The average Bonchev–Trinajstić information content (AvgIpc) is 2.85. The maximum Gasteiger partial charge on any atom is -0.00178 e. The summed E-state index contributed by atoms with van der Waals surface area (Å²) in [5.41, 5.74) is 6.63. The minimum absolute atomic E-state index is 0.567. The SMILES string of the molecule is CCSCCCC1(CN)CC2CCC1C2. The molecule has 0 aromatic rings. The third-order valence-corrected chi connectivity index (χ3v) is 5.66. The van der Waals surface area contributed by atoms with Gasteiger partial charge in [0.25, 0.3) is 0 Å². The van der Waals surface area contributed by atoms with Crippen molar-refractivity contribution in [3.63, 3.8) is 0 Å². The van der Waals surface area contributed by atoms with Gasteiger partial charge in [0.1, 0.15) is 0 Å². The number of hydrogen-bond acceptors (Lipinski definition) is 2. The molecular weight excluding hydrogens is 202 g/mol. The smallest absolute Gasteiger partial charge is 0.00178 e. The third-order valence-electron chi connectivity index (χ3n) is 4.68. The molecule has 88 valence electrons. The van der Waals surface area contributed by atoms with Crippen LogP contribution in [-0.2, 0) is 0 Å². The first-order chi connectivity index (χ1) is 7.30. The van der Waals surface area contributed by atoms with Crippen LogP contribution in [0.5, 0.6) is 0 Å². The first kappa shape index (κ1) is 11.8. The molecule has 1 nitrogen and oxygen atoms in total. The lowest BCUT2D eigenvalue weighted by molar-refractivity contribution is 0.156. The van der Waals surface area contributed by atoms with Crippen molar-refractivity contribution in [3.8, 4) is 0 Å². The van der Waals surface area contributed by atoms with E-state index in [1.54, 1.807) is 0 Å². The Morgan fingerprint density at radius 3 is 2.80 bits per heavy atom. The summed E-state index contributed by atoms with van der Waals surface area (Å²) in [6.45, 7) is 3.20. The van der Waals surface area contributed by atoms with Crippen molar-refractivity contribution in [2.45, 2.75) is 45.4 Å². The molecule has 2 heteroatoms. The van der Waals surface area contributed by atoms with E-state index in [9.17, 15) is 0 Å². The van der Waals surface area contributed by atoms with E-state index in [-0.39, 0.29) is 0 Å². The summed E-state index contributed by atoms with van der Waals surface area (Å²) in [6, 6.07) is 0. The minimum atomic E-state index is 0.567. The molecule has 2 N–H and O–H groups in total. The van der Waals surface area contributed by atoms with E-state index in [4.69, 9.17) is 5.73 Å². The molecule has 0 heterocycles. The predicted octanol–water partition coefficient (Wildman–Crippen LogP) is 3.28. The van der Waals surface area contributed by atoms with Crippen LogP contribution < -0.4 is 5.73 Å². The monoisotopic (exact) mass is 227 g/mol. The van der Waals surface area contributed by atoms with Crippen molar-refractivity contribution in [1.29, 1.82) is 0 Å². The quantitative estimate of drug-likeness (QED) is 0.705. The highest BCUT2D eigenvalue weighted by Crippen LogP contribution is 2.57. The Morgan fingerprint density at radius 1 is 1.40 bits per heavy atom. The van der Waals surface area contributed by atoms with Crippen LogP contribution in [0.15, 0.2) is 0 Å². The van der Waals surface area contributed by atoms with Crippen LogP contribution in [0.2, 0.25) is 0 Å². The molecule has 2 bridgehead atoms. The Balaban J connectivity index is 1.81. The van der Waals surface area contributed by atoms with Crippen molar-refractivity contribution in [1.82, 2.24) is 0 Å². The molecule has 0 aliphatic heterocycles. The molecule has 0 radical (unpaired) electrons. The van der Waals surface area contributed by atoms with Gasteiger partial charge in [-0.15, -0.1) is 0 Å². The van der Waals surface area contributed by atoms with E-state index in [0.717, 1.165) is 18.4 Å². The fourth-order valence-electron chi connectivity index (χ4n) is 3.89. The van der Waals surface area contributed by atoms with Gasteiger partial charge in [-0.3, -0.25) is 0 Å². The number of fused-ring (bicyclic) bond motifs is 2. The van der Waals surface area contributed by atoms with E-state index in [1.165, 1.54) is 50.0 Å². The lowest BCUT2D eigenvalue weighted by atomic mass is 9.70. The van der Waals surface area contributed by atoms with Crippen LogP contribution >= 0.6 is 11.8 Å². The number of hydrogen-bond donors (Lipinski definition) is 1. The lowest BCUT2D eigenvalue weighted by Gasteiger charge is -2.37. The summed E-state index contributed by atoms with van der Waals surface area (Å²) in [7, 11) is 0. The second-order valence-electron chi connectivity index (χ2n) is 5.45.